The third-order valence-electron chi connectivity index (χ3n) is 3.80. The number of nitrogens with zero attached hydrogens (tertiary/aromatic N) is 2. The Balaban J connectivity index is 1.85. The fraction of sp³-hybridized carbons (Fsp3) is 0.368. The summed E-state index contributed by atoms with van der Waals surface area (Å²) in [4.78, 5) is 8.17. The molecule has 158 valence electrons. The molecule has 0 atom stereocenters. The van der Waals surface area contributed by atoms with Crippen LogP contribution in [0, 0.1) is 0 Å². The summed E-state index contributed by atoms with van der Waals surface area (Å²) in [6.07, 6.45) is -1.95. The van der Waals surface area contributed by atoms with Gasteiger partial charge >= 0.3 is 6.18 Å². The van der Waals surface area contributed by atoms with Crippen molar-refractivity contribution in [1.29, 1.82) is 0 Å². The van der Waals surface area contributed by atoms with Gasteiger partial charge in [0.05, 0.1) is 7.11 Å². The van der Waals surface area contributed by atoms with Crippen LogP contribution in [-0.2, 0) is 13.0 Å². The molecule has 0 aliphatic heterocycles. The Morgan fingerprint density at radius 2 is 1.90 bits per heavy atom. The van der Waals surface area contributed by atoms with Crippen LogP contribution in [0.15, 0.2) is 41.5 Å². The molecule has 0 amide bonds. The molecular weight excluding hydrogens is 409 g/mol. The lowest BCUT2D eigenvalue weighted by Gasteiger charge is -2.15. The van der Waals surface area contributed by atoms with E-state index in [-0.39, 0.29) is 11.5 Å². The van der Waals surface area contributed by atoms with Gasteiger partial charge in [-0.15, -0.1) is 0 Å². The van der Waals surface area contributed by atoms with Crippen LogP contribution in [-0.4, -0.2) is 44.4 Å². The van der Waals surface area contributed by atoms with Gasteiger partial charge < -0.3 is 20.1 Å². The van der Waals surface area contributed by atoms with E-state index >= 15 is 0 Å². The van der Waals surface area contributed by atoms with Gasteiger partial charge in [-0.2, -0.15) is 13.2 Å². The van der Waals surface area contributed by atoms with Gasteiger partial charge in [-0.3, -0.25) is 4.99 Å². The van der Waals surface area contributed by atoms with Crippen molar-refractivity contribution in [2.75, 3.05) is 27.3 Å². The second-order valence-electron chi connectivity index (χ2n) is 5.98. The monoisotopic (exact) mass is 430 g/mol. The van der Waals surface area contributed by atoms with Crippen molar-refractivity contribution < 1.29 is 22.6 Å². The molecule has 0 bridgehead atoms. The quantitative estimate of drug-likeness (QED) is 0.380. The maximum Gasteiger partial charge on any atom is 0.422 e. The standard InChI is InChI=1S/C19H22ClF3N4O2/c1-24-18(25-8-7-13-4-6-17(20)26-10-13)27-11-14-3-5-15(16(9-14)28-2)29-12-19(21,22)23/h3-6,9-10H,7-8,11-12H2,1-2H3,(H2,24,25,27). The topological polar surface area (TPSA) is 67.8 Å². The van der Waals surface area contributed by atoms with Crippen LogP contribution in [0.4, 0.5) is 13.2 Å². The molecule has 2 N–H and O–H groups in total. The highest BCUT2D eigenvalue weighted by atomic mass is 35.5. The van der Waals surface area contributed by atoms with Crippen molar-refractivity contribution in [3.8, 4) is 11.5 Å². The van der Waals surface area contributed by atoms with Gasteiger partial charge in [-0.05, 0) is 35.7 Å². The fourth-order valence-electron chi connectivity index (χ4n) is 2.39. The van der Waals surface area contributed by atoms with E-state index in [1.807, 2.05) is 6.07 Å². The molecule has 6 nitrogen and oxygen atoms in total. The van der Waals surface area contributed by atoms with E-state index in [0.29, 0.717) is 24.2 Å². The number of nitrogens with one attached hydrogen (secondary N) is 2. The summed E-state index contributed by atoms with van der Waals surface area (Å²) in [5.41, 5.74) is 1.84. The van der Waals surface area contributed by atoms with Crippen LogP contribution in [0.1, 0.15) is 11.1 Å². The minimum atomic E-state index is -4.41. The van der Waals surface area contributed by atoms with Crippen LogP contribution < -0.4 is 20.1 Å². The minimum Gasteiger partial charge on any atom is -0.493 e. The SMILES string of the molecule is CN=C(NCCc1ccc(Cl)nc1)NCc1ccc(OCC(F)(F)F)c(OC)c1. The summed E-state index contributed by atoms with van der Waals surface area (Å²) in [6, 6.07) is 8.37. The molecular formula is C19H22ClF3N4O2. The first-order chi connectivity index (χ1) is 13.8. The number of aliphatic imine (C=N–C) groups is 1. The van der Waals surface area contributed by atoms with Gasteiger partial charge in [0, 0.05) is 26.3 Å². The highest BCUT2D eigenvalue weighted by molar-refractivity contribution is 6.29. The number of benzene rings is 1. The van der Waals surface area contributed by atoms with Crippen LogP contribution in [0.2, 0.25) is 5.15 Å². The van der Waals surface area contributed by atoms with E-state index in [2.05, 4.69) is 20.6 Å². The van der Waals surface area contributed by atoms with Crippen molar-refractivity contribution in [2.24, 2.45) is 4.99 Å². The van der Waals surface area contributed by atoms with Gasteiger partial charge in [0.15, 0.2) is 24.1 Å². The second kappa shape index (κ2) is 10.8. The Bertz CT molecular complexity index is 814. The number of hydrogen-bond acceptors (Lipinski definition) is 4. The average molecular weight is 431 g/mol. The molecule has 10 heteroatoms. The van der Waals surface area contributed by atoms with E-state index in [0.717, 1.165) is 17.5 Å². The molecule has 1 heterocycles. The predicted octanol–water partition coefficient (Wildman–Crippen LogP) is 3.59. The number of guanidine groups is 1. The summed E-state index contributed by atoms with van der Waals surface area (Å²) in [7, 11) is 3.02. The summed E-state index contributed by atoms with van der Waals surface area (Å²) >= 11 is 5.76. The normalized spacial score (nSPS) is 11.9. The van der Waals surface area contributed by atoms with Gasteiger partial charge in [-0.1, -0.05) is 23.7 Å². The van der Waals surface area contributed by atoms with Crippen molar-refractivity contribution >= 4 is 17.6 Å². The average Bonchev–Trinajstić information content (AvgIpc) is 2.70. The Hall–Kier alpha value is -2.68. The number of pyridine rings is 1. The molecule has 2 aromatic rings. The van der Waals surface area contributed by atoms with E-state index in [1.54, 1.807) is 31.4 Å². The zero-order valence-corrected chi connectivity index (χ0v) is 16.8. The lowest BCUT2D eigenvalue weighted by Crippen LogP contribution is -2.37. The highest BCUT2D eigenvalue weighted by Crippen LogP contribution is 2.29. The highest BCUT2D eigenvalue weighted by Gasteiger charge is 2.29. The Kier molecular flexibility index (Phi) is 8.38. The lowest BCUT2D eigenvalue weighted by atomic mass is 10.2. The van der Waals surface area contributed by atoms with Crippen LogP contribution in [0.3, 0.4) is 0 Å². The molecule has 0 saturated carbocycles. The van der Waals surface area contributed by atoms with Gasteiger partial charge in [0.2, 0.25) is 0 Å². The third-order valence-corrected chi connectivity index (χ3v) is 4.02. The summed E-state index contributed by atoms with van der Waals surface area (Å²) in [6.45, 7) is -0.338. The maximum atomic E-state index is 12.3. The molecule has 0 aliphatic carbocycles. The van der Waals surface area contributed by atoms with Crippen molar-refractivity contribution in [2.45, 2.75) is 19.1 Å². The lowest BCUT2D eigenvalue weighted by molar-refractivity contribution is -0.153. The molecule has 1 aromatic heterocycles. The first-order valence-corrected chi connectivity index (χ1v) is 9.10. The number of hydrogen-bond donors (Lipinski definition) is 2. The Morgan fingerprint density at radius 3 is 2.52 bits per heavy atom. The van der Waals surface area contributed by atoms with Crippen molar-refractivity contribution in [3.63, 3.8) is 0 Å². The Morgan fingerprint density at radius 1 is 1.14 bits per heavy atom. The smallest absolute Gasteiger partial charge is 0.422 e. The van der Waals surface area contributed by atoms with E-state index < -0.39 is 12.8 Å². The Labute approximate surface area is 172 Å². The largest absolute Gasteiger partial charge is 0.493 e. The van der Waals surface area contributed by atoms with Crippen molar-refractivity contribution in [3.05, 3.63) is 52.8 Å². The molecule has 0 radical (unpaired) electrons. The second-order valence-corrected chi connectivity index (χ2v) is 6.37. The van der Waals surface area contributed by atoms with Gasteiger partial charge in [-0.25, -0.2) is 4.98 Å². The fourth-order valence-corrected chi connectivity index (χ4v) is 2.50. The zero-order valence-electron chi connectivity index (χ0n) is 16.0. The molecule has 2 rings (SSSR count). The number of halogens is 4. The number of ether oxygens (including phenoxy) is 2. The molecule has 0 spiro atoms. The molecule has 0 saturated heterocycles. The van der Waals surface area contributed by atoms with E-state index in [1.165, 1.54) is 13.2 Å². The summed E-state index contributed by atoms with van der Waals surface area (Å²) in [5.74, 6) is 0.850. The van der Waals surface area contributed by atoms with E-state index in [4.69, 9.17) is 21.1 Å². The predicted molar refractivity (Wildman–Crippen MR) is 106 cm³/mol. The first kappa shape index (κ1) is 22.6. The molecule has 0 fully saturated rings. The zero-order chi connectivity index (χ0) is 21.3. The number of alkyl halides is 3. The molecule has 0 aliphatic rings. The molecule has 29 heavy (non-hydrogen) atoms. The van der Waals surface area contributed by atoms with Crippen LogP contribution >= 0.6 is 11.6 Å². The number of methoxy groups -OCH3 is 1. The number of rotatable bonds is 8. The maximum absolute atomic E-state index is 12.3. The van der Waals surface area contributed by atoms with E-state index in [9.17, 15) is 13.2 Å². The molecule has 1 aromatic carbocycles. The minimum absolute atomic E-state index is 0.0349. The van der Waals surface area contributed by atoms with Crippen LogP contribution in [0.25, 0.3) is 0 Å². The first-order valence-electron chi connectivity index (χ1n) is 8.72. The summed E-state index contributed by atoms with van der Waals surface area (Å²) < 4.78 is 46.9. The molecule has 0 unspecified atom stereocenters. The number of aromatic nitrogens is 1. The van der Waals surface area contributed by atoms with Gasteiger partial charge in [0.1, 0.15) is 5.15 Å². The van der Waals surface area contributed by atoms with Gasteiger partial charge in [0.25, 0.3) is 0 Å². The van der Waals surface area contributed by atoms with Crippen molar-refractivity contribution in [1.82, 2.24) is 15.6 Å². The van der Waals surface area contributed by atoms with Crippen LogP contribution in [0.5, 0.6) is 11.5 Å². The summed E-state index contributed by atoms with van der Waals surface area (Å²) in [5, 5.41) is 6.76. The third kappa shape index (κ3) is 8.06.